The number of carbonyl (C=O) groups is 2. The van der Waals surface area contributed by atoms with Gasteiger partial charge in [0.25, 0.3) is 0 Å². The van der Waals surface area contributed by atoms with E-state index in [-0.39, 0.29) is 17.1 Å². The highest BCUT2D eigenvalue weighted by atomic mass is 35.5. The first-order valence-electron chi connectivity index (χ1n) is 9.04. The lowest BCUT2D eigenvalue weighted by molar-refractivity contribution is -0.121. The third kappa shape index (κ3) is 6.72. The number of ether oxygens (including phenoxy) is 1. The van der Waals surface area contributed by atoms with Crippen LogP contribution in [0.25, 0.3) is 0 Å². The quantitative estimate of drug-likeness (QED) is 0.497. The second-order valence-corrected chi connectivity index (χ2v) is 7.64. The van der Waals surface area contributed by atoms with Crippen molar-refractivity contribution in [3.05, 3.63) is 64.7 Å². The first-order chi connectivity index (χ1) is 12.8. The van der Waals surface area contributed by atoms with Gasteiger partial charge in [0.2, 0.25) is 5.91 Å². The zero-order valence-electron chi connectivity index (χ0n) is 16.0. The van der Waals surface area contributed by atoms with Gasteiger partial charge in [-0.3, -0.25) is 9.59 Å². The number of hydrogen-bond acceptors (Lipinski definition) is 3. The van der Waals surface area contributed by atoms with E-state index in [1.54, 1.807) is 24.3 Å². The highest BCUT2D eigenvalue weighted by molar-refractivity contribution is 6.30. The van der Waals surface area contributed by atoms with Gasteiger partial charge < -0.3 is 10.1 Å². The topological polar surface area (TPSA) is 55.4 Å². The van der Waals surface area contributed by atoms with Crippen LogP contribution >= 0.6 is 11.6 Å². The number of amides is 1. The van der Waals surface area contributed by atoms with Crippen LogP contribution in [0.3, 0.4) is 0 Å². The normalized spacial score (nSPS) is 11.1. The molecule has 0 unspecified atom stereocenters. The van der Waals surface area contributed by atoms with Gasteiger partial charge in [0.15, 0.2) is 5.78 Å². The Labute approximate surface area is 165 Å². The number of Topliss-reactive ketones (excluding diaryl/α,β-unsaturated/α-hetero) is 1. The molecule has 2 aromatic carbocycles. The minimum absolute atomic E-state index is 0.00701. The summed E-state index contributed by atoms with van der Waals surface area (Å²) in [5.41, 5.74) is 1.62. The Kier molecular flexibility index (Phi) is 7.43. The van der Waals surface area contributed by atoms with Crippen molar-refractivity contribution in [3.63, 3.8) is 0 Å². The zero-order valence-corrected chi connectivity index (χ0v) is 16.8. The average molecular weight is 388 g/mol. The van der Waals surface area contributed by atoms with E-state index in [0.717, 1.165) is 5.56 Å². The monoisotopic (exact) mass is 387 g/mol. The largest absolute Gasteiger partial charge is 0.494 e. The van der Waals surface area contributed by atoms with Gasteiger partial charge in [-0.25, -0.2) is 0 Å². The molecule has 0 radical (unpaired) electrons. The van der Waals surface area contributed by atoms with Gasteiger partial charge >= 0.3 is 0 Å². The zero-order chi connectivity index (χ0) is 19.9. The summed E-state index contributed by atoms with van der Waals surface area (Å²) >= 11 is 5.93. The van der Waals surface area contributed by atoms with Crippen molar-refractivity contribution in [2.75, 3.05) is 13.2 Å². The second-order valence-electron chi connectivity index (χ2n) is 7.20. The van der Waals surface area contributed by atoms with Crippen LogP contribution in [0.5, 0.6) is 5.75 Å². The van der Waals surface area contributed by atoms with E-state index in [2.05, 4.69) is 19.2 Å². The summed E-state index contributed by atoms with van der Waals surface area (Å²) in [6.45, 7) is 6.71. The van der Waals surface area contributed by atoms with E-state index in [1.165, 1.54) is 6.92 Å². The van der Waals surface area contributed by atoms with Crippen molar-refractivity contribution in [3.8, 4) is 5.75 Å². The predicted molar refractivity (Wildman–Crippen MR) is 109 cm³/mol. The maximum atomic E-state index is 12.1. The Morgan fingerprint density at radius 1 is 1.04 bits per heavy atom. The summed E-state index contributed by atoms with van der Waals surface area (Å²) in [4.78, 5) is 23.3. The highest BCUT2D eigenvalue weighted by Gasteiger charge is 2.21. The molecule has 0 aromatic heterocycles. The first kappa shape index (κ1) is 21.0. The molecule has 0 saturated carbocycles. The Morgan fingerprint density at radius 3 is 2.26 bits per heavy atom. The lowest BCUT2D eigenvalue weighted by atomic mass is 9.84. The number of halogens is 1. The second kappa shape index (κ2) is 9.56. The van der Waals surface area contributed by atoms with E-state index in [1.807, 2.05) is 24.3 Å². The minimum atomic E-state index is -0.171. The number of hydrogen-bond donors (Lipinski definition) is 1. The smallest absolute Gasteiger partial charge is 0.220 e. The lowest BCUT2D eigenvalue weighted by Crippen LogP contribution is -2.36. The Morgan fingerprint density at radius 2 is 1.67 bits per heavy atom. The number of rotatable bonds is 9. The SMILES string of the molecule is CC(=O)c1ccc(OCCCC(=O)NCC(C)(C)c2ccc(Cl)cc2)cc1. The summed E-state index contributed by atoms with van der Waals surface area (Å²) in [5.74, 6) is 0.733. The Bertz CT molecular complexity index is 767. The predicted octanol–water partition coefficient (Wildman–Crippen LogP) is 4.80. The molecule has 1 N–H and O–H groups in total. The summed E-state index contributed by atoms with van der Waals surface area (Å²) in [6, 6.07) is 14.7. The lowest BCUT2D eigenvalue weighted by Gasteiger charge is -2.25. The third-order valence-electron chi connectivity index (χ3n) is 4.43. The van der Waals surface area contributed by atoms with E-state index >= 15 is 0 Å². The molecule has 1 amide bonds. The molecule has 0 spiro atoms. The van der Waals surface area contributed by atoms with Crippen LogP contribution < -0.4 is 10.1 Å². The number of benzene rings is 2. The standard InChI is InChI=1S/C22H26ClNO3/c1-16(25)17-6-12-20(13-7-17)27-14-4-5-21(26)24-15-22(2,3)18-8-10-19(23)11-9-18/h6-13H,4-5,14-15H2,1-3H3,(H,24,26). The number of ketones is 1. The van der Waals surface area contributed by atoms with Crippen molar-refractivity contribution in [1.29, 1.82) is 0 Å². The molecule has 27 heavy (non-hydrogen) atoms. The first-order valence-corrected chi connectivity index (χ1v) is 9.42. The van der Waals surface area contributed by atoms with Crippen LogP contribution in [0.2, 0.25) is 5.02 Å². The molecule has 0 aliphatic carbocycles. The maximum absolute atomic E-state index is 12.1. The van der Waals surface area contributed by atoms with Gasteiger partial charge in [-0.2, -0.15) is 0 Å². The molecule has 0 saturated heterocycles. The molecular weight excluding hydrogens is 362 g/mol. The molecular formula is C22H26ClNO3. The van der Waals surface area contributed by atoms with Gasteiger partial charge in [0.1, 0.15) is 5.75 Å². The average Bonchev–Trinajstić information content (AvgIpc) is 2.64. The Hall–Kier alpha value is -2.33. The summed E-state index contributed by atoms with van der Waals surface area (Å²) in [6.07, 6.45) is 1.03. The fourth-order valence-corrected chi connectivity index (χ4v) is 2.75. The van der Waals surface area contributed by atoms with E-state index in [0.29, 0.717) is 42.3 Å². The van der Waals surface area contributed by atoms with E-state index < -0.39 is 0 Å². The minimum Gasteiger partial charge on any atom is -0.494 e. The van der Waals surface area contributed by atoms with E-state index in [4.69, 9.17) is 16.3 Å². The van der Waals surface area contributed by atoms with Gasteiger partial charge in [-0.05, 0) is 55.3 Å². The van der Waals surface area contributed by atoms with Crippen LogP contribution in [0.1, 0.15) is 49.5 Å². The van der Waals surface area contributed by atoms with Crippen molar-refractivity contribution < 1.29 is 14.3 Å². The van der Waals surface area contributed by atoms with Crippen LogP contribution in [0.4, 0.5) is 0 Å². The molecule has 0 heterocycles. The van der Waals surface area contributed by atoms with Crippen LogP contribution in [-0.2, 0) is 10.2 Å². The molecule has 5 heteroatoms. The summed E-state index contributed by atoms with van der Waals surface area (Å²) in [7, 11) is 0. The molecule has 144 valence electrons. The highest BCUT2D eigenvalue weighted by Crippen LogP contribution is 2.23. The number of carbonyl (C=O) groups excluding carboxylic acids is 2. The molecule has 2 rings (SSSR count). The van der Waals surface area contributed by atoms with Crippen LogP contribution in [-0.4, -0.2) is 24.8 Å². The summed E-state index contributed by atoms with van der Waals surface area (Å²) in [5, 5.41) is 3.69. The van der Waals surface area contributed by atoms with Crippen molar-refractivity contribution in [2.45, 2.75) is 39.0 Å². The van der Waals surface area contributed by atoms with E-state index in [9.17, 15) is 9.59 Å². The maximum Gasteiger partial charge on any atom is 0.220 e. The molecule has 0 atom stereocenters. The third-order valence-corrected chi connectivity index (χ3v) is 4.68. The summed E-state index contributed by atoms with van der Waals surface area (Å²) < 4.78 is 5.61. The van der Waals surface area contributed by atoms with Crippen molar-refractivity contribution in [1.82, 2.24) is 5.32 Å². The fraction of sp³-hybridized carbons (Fsp3) is 0.364. The molecule has 0 aliphatic rings. The molecule has 4 nitrogen and oxygen atoms in total. The van der Waals surface area contributed by atoms with Crippen molar-refractivity contribution >= 4 is 23.3 Å². The fourth-order valence-electron chi connectivity index (χ4n) is 2.62. The number of nitrogens with one attached hydrogen (secondary N) is 1. The Balaban J connectivity index is 1.70. The van der Waals surface area contributed by atoms with Gasteiger partial charge in [0.05, 0.1) is 6.61 Å². The van der Waals surface area contributed by atoms with Crippen LogP contribution in [0, 0.1) is 0 Å². The molecule has 0 bridgehead atoms. The van der Waals surface area contributed by atoms with Gasteiger partial charge in [-0.1, -0.05) is 37.6 Å². The molecule has 0 fully saturated rings. The molecule has 2 aromatic rings. The van der Waals surface area contributed by atoms with Crippen LogP contribution in [0.15, 0.2) is 48.5 Å². The molecule has 0 aliphatic heterocycles. The van der Waals surface area contributed by atoms with Crippen molar-refractivity contribution in [2.24, 2.45) is 0 Å². The van der Waals surface area contributed by atoms with Gasteiger partial charge in [-0.15, -0.1) is 0 Å². The van der Waals surface area contributed by atoms with Gasteiger partial charge in [0, 0.05) is 29.0 Å².